The summed E-state index contributed by atoms with van der Waals surface area (Å²) in [5.41, 5.74) is 0.220. The van der Waals surface area contributed by atoms with Gasteiger partial charge >= 0.3 is 12.6 Å². The first-order chi connectivity index (χ1) is 13.3. The average molecular weight is 390 g/mol. The molecule has 1 fully saturated rings. The summed E-state index contributed by atoms with van der Waals surface area (Å²) in [6.07, 6.45) is 0. The molecular weight excluding hydrogens is 370 g/mol. The van der Waals surface area contributed by atoms with E-state index in [1.54, 1.807) is 13.0 Å². The fourth-order valence-corrected chi connectivity index (χ4v) is 3.03. The Morgan fingerprint density at radius 2 is 1.82 bits per heavy atom. The van der Waals surface area contributed by atoms with E-state index in [4.69, 9.17) is 4.74 Å². The Bertz CT molecular complexity index is 873. The summed E-state index contributed by atoms with van der Waals surface area (Å²) in [6.45, 7) is 0.809. The molecule has 0 radical (unpaired) electrons. The Morgan fingerprint density at radius 1 is 1.11 bits per heavy atom. The van der Waals surface area contributed by atoms with Crippen molar-refractivity contribution in [3.63, 3.8) is 0 Å². The number of carbonyl (C=O) groups is 2. The fourth-order valence-electron chi connectivity index (χ4n) is 3.03. The summed E-state index contributed by atoms with van der Waals surface area (Å²) in [4.78, 5) is 26.2. The Balaban J connectivity index is 1.66. The number of amides is 3. The van der Waals surface area contributed by atoms with E-state index in [-0.39, 0.29) is 18.9 Å². The number of hydrogen-bond acceptors (Lipinski definition) is 4. The predicted molar refractivity (Wildman–Crippen MR) is 97.3 cm³/mol. The van der Waals surface area contributed by atoms with Crippen LogP contribution in [0.1, 0.15) is 18.1 Å². The molecular formula is C20H20F2N2O4. The van der Waals surface area contributed by atoms with Gasteiger partial charge in [-0.15, -0.1) is 0 Å². The quantitative estimate of drug-likeness (QED) is 0.736. The van der Waals surface area contributed by atoms with Gasteiger partial charge in [-0.05, 0) is 49.2 Å². The van der Waals surface area contributed by atoms with Gasteiger partial charge in [-0.25, -0.2) is 4.79 Å². The maximum atomic E-state index is 12.8. The predicted octanol–water partition coefficient (Wildman–Crippen LogP) is 3.44. The highest BCUT2D eigenvalue weighted by molar-refractivity contribution is 6.07. The number of halogens is 2. The molecule has 0 aromatic heterocycles. The molecule has 148 valence electrons. The van der Waals surface area contributed by atoms with Crippen LogP contribution in [0.15, 0.2) is 48.5 Å². The molecule has 0 spiro atoms. The van der Waals surface area contributed by atoms with Gasteiger partial charge < -0.3 is 14.8 Å². The van der Waals surface area contributed by atoms with Gasteiger partial charge in [0, 0.05) is 0 Å². The largest absolute Gasteiger partial charge is 0.492 e. The average Bonchev–Trinajstić information content (AvgIpc) is 2.86. The van der Waals surface area contributed by atoms with E-state index in [9.17, 15) is 18.4 Å². The van der Waals surface area contributed by atoms with Crippen LogP contribution >= 0.6 is 0 Å². The number of carbonyl (C=O) groups excluding carboxylic acids is 2. The first-order valence-electron chi connectivity index (χ1n) is 8.68. The Hall–Kier alpha value is -3.16. The minimum absolute atomic E-state index is 0.0254. The monoisotopic (exact) mass is 390 g/mol. The lowest BCUT2D eigenvalue weighted by Crippen LogP contribution is -2.41. The maximum absolute atomic E-state index is 12.8. The molecule has 1 heterocycles. The van der Waals surface area contributed by atoms with Crippen molar-refractivity contribution < 1.29 is 27.8 Å². The minimum atomic E-state index is -2.93. The normalized spacial score (nSPS) is 19.1. The van der Waals surface area contributed by atoms with Crippen molar-refractivity contribution in [3.8, 4) is 11.5 Å². The van der Waals surface area contributed by atoms with Crippen molar-refractivity contribution in [2.24, 2.45) is 0 Å². The first-order valence-corrected chi connectivity index (χ1v) is 8.68. The van der Waals surface area contributed by atoms with Crippen LogP contribution < -0.4 is 14.8 Å². The Kier molecular flexibility index (Phi) is 5.48. The topological polar surface area (TPSA) is 67.9 Å². The molecule has 28 heavy (non-hydrogen) atoms. The smallest absolute Gasteiger partial charge is 0.387 e. The van der Waals surface area contributed by atoms with E-state index in [1.807, 2.05) is 25.1 Å². The van der Waals surface area contributed by atoms with E-state index in [0.29, 0.717) is 11.3 Å². The summed E-state index contributed by atoms with van der Waals surface area (Å²) in [5.74, 6) is 0.194. The molecule has 0 saturated carbocycles. The molecule has 1 atom stereocenters. The number of nitrogens with one attached hydrogen (secondary N) is 1. The lowest BCUT2D eigenvalue weighted by molar-refractivity contribution is -0.131. The fraction of sp³-hybridized carbons (Fsp3) is 0.300. The molecule has 0 unspecified atom stereocenters. The lowest BCUT2D eigenvalue weighted by Gasteiger charge is -2.22. The summed E-state index contributed by atoms with van der Waals surface area (Å²) in [6, 6.07) is 12.5. The van der Waals surface area contributed by atoms with Crippen LogP contribution in [-0.4, -0.2) is 36.6 Å². The molecule has 0 aliphatic carbocycles. The second kappa shape index (κ2) is 7.84. The molecule has 6 nitrogen and oxygen atoms in total. The van der Waals surface area contributed by atoms with E-state index in [0.717, 1.165) is 10.5 Å². The minimum Gasteiger partial charge on any atom is -0.492 e. The van der Waals surface area contributed by atoms with Crippen molar-refractivity contribution in [2.75, 3.05) is 13.2 Å². The molecule has 1 aliphatic rings. The molecule has 1 aliphatic heterocycles. The molecule has 1 saturated heterocycles. The van der Waals surface area contributed by atoms with E-state index in [1.165, 1.54) is 24.3 Å². The van der Waals surface area contributed by atoms with Crippen molar-refractivity contribution in [1.29, 1.82) is 0 Å². The van der Waals surface area contributed by atoms with Crippen molar-refractivity contribution >= 4 is 11.9 Å². The summed E-state index contributed by atoms with van der Waals surface area (Å²) in [5, 5.41) is 2.66. The van der Waals surface area contributed by atoms with Crippen LogP contribution in [0, 0.1) is 6.92 Å². The van der Waals surface area contributed by atoms with Gasteiger partial charge in [-0.1, -0.05) is 24.3 Å². The van der Waals surface area contributed by atoms with Crippen LogP contribution in [0.3, 0.4) is 0 Å². The number of nitrogens with zero attached hydrogens (tertiary/aromatic N) is 1. The van der Waals surface area contributed by atoms with Gasteiger partial charge in [0.2, 0.25) is 0 Å². The van der Waals surface area contributed by atoms with Crippen LogP contribution in [0.5, 0.6) is 11.5 Å². The number of imide groups is 1. The first kappa shape index (κ1) is 19.6. The number of aryl methyl sites for hydroxylation is 1. The van der Waals surface area contributed by atoms with Crippen molar-refractivity contribution in [1.82, 2.24) is 10.2 Å². The molecule has 8 heteroatoms. The summed E-state index contributed by atoms with van der Waals surface area (Å²) >= 11 is 0. The van der Waals surface area contributed by atoms with E-state index in [2.05, 4.69) is 10.1 Å². The maximum Gasteiger partial charge on any atom is 0.387 e. The third kappa shape index (κ3) is 4.05. The zero-order valence-corrected chi connectivity index (χ0v) is 15.4. The highest BCUT2D eigenvalue weighted by Crippen LogP contribution is 2.30. The second-order valence-electron chi connectivity index (χ2n) is 6.58. The van der Waals surface area contributed by atoms with Gasteiger partial charge in [0.05, 0.1) is 6.54 Å². The van der Waals surface area contributed by atoms with Gasteiger partial charge in [-0.2, -0.15) is 8.78 Å². The Labute approximate surface area is 161 Å². The molecule has 2 aromatic carbocycles. The third-order valence-corrected chi connectivity index (χ3v) is 4.50. The molecule has 3 amide bonds. The van der Waals surface area contributed by atoms with E-state index >= 15 is 0 Å². The number of hydrogen-bond donors (Lipinski definition) is 1. The second-order valence-corrected chi connectivity index (χ2v) is 6.58. The molecule has 0 bridgehead atoms. The van der Waals surface area contributed by atoms with Crippen LogP contribution in [-0.2, 0) is 10.3 Å². The SMILES string of the molecule is Cc1cccc(OCCN2C(=O)N[C@](C)(c3ccc(OC(F)F)cc3)C2=O)c1. The van der Waals surface area contributed by atoms with Crippen LogP contribution in [0.2, 0.25) is 0 Å². The van der Waals surface area contributed by atoms with Crippen molar-refractivity contribution in [2.45, 2.75) is 26.0 Å². The van der Waals surface area contributed by atoms with Crippen LogP contribution in [0.4, 0.5) is 13.6 Å². The summed E-state index contributed by atoms with van der Waals surface area (Å²) in [7, 11) is 0. The standard InChI is InChI=1S/C20H20F2N2O4/c1-13-4-3-5-16(12-13)27-11-10-24-17(25)20(2,23-19(24)26)14-6-8-15(9-7-14)28-18(21)22/h3-9,12,18H,10-11H2,1-2H3,(H,23,26)/t20-/m1/s1. The lowest BCUT2D eigenvalue weighted by atomic mass is 9.92. The summed E-state index contributed by atoms with van der Waals surface area (Å²) < 4.78 is 34.5. The number of benzene rings is 2. The number of rotatable bonds is 7. The Morgan fingerprint density at radius 3 is 2.46 bits per heavy atom. The molecule has 3 rings (SSSR count). The van der Waals surface area contributed by atoms with Gasteiger partial charge in [-0.3, -0.25) is 9.69 Å². The van der Waals surface area contributed by atoms with Gasteiger partial charge in [0.25, 0.3) is 5.91 Å². The number of urea groups is 1. The van der Waals surface area contributed by atoms with Crippen LogP contribution in [0.25, 0.3) is 0 Å². The van der Waals surface area contributed by atoms with E-state index < -0.39 is 24.1 Å². The molecule has 2 aromatic rings. The highest BCUT2D eigenvalue weighted by atomic mass is 19.3. The van der Waals surface area contributed by atoms with Crippen molar-refractivity contribution in [3.05, 3.63) is 59.7 Å². The highest BCUT2D eigenvalue weighted by Gasteiger charge is 2.48. The number of ether oxygens (including phenoxy) is 2. The zero-order valence-electron chi connectivity index (χ0n) is 15.4. The molecule has 1 N–H and O–H groups in total. The number of alkyl halides is 2. The van der Waals surface area contributed by atoms with Gasteiger partial charge in [0.1, 0.15) is 23.6 Å². The zero-order chi connectivity index (χ0) is 20.3. The third-order valence-electron chi connectivity index (χ3n) is 4.50. The van der Waals surface area contributed by atoms with Gasteiger partial charge in [0.15, 0.2) is 0 Å².